The highest BCUT2D eigenvalue weighted by atomic mass is 16.5. The van der Waals surface area contributed by atoms with Crippen LogP contribution in [0.4, 0.5) is 5.69 Å². The van der Waals surface area contributed by atoms with Gasteiger partial charge in [0.2, 0.25) is 0 Å². The summed E-state index contributed by atoms with van der Waals surface area (Å²) in [5, 5.41) is 3.99. The van der Waals surface area contributed by atoms with Crippen molar-refractivity contribution in [2.24, 2.45) is 0 Å². The molecule has 0 atom stereocenters. The highest BCUT2D eigenvalue weighted by molar-refractivity contribution is 6.05. The van der Waals surface area contributed by atoms with Gasteiger partial charge in [0.25, 0.3) is 5.91 Å². The van der Waals surface area contributed by atoms with E-state index in [0.717, 1.165) is 23.1 Å². The van der Waals surface area contributed by atoms with E-state index in [9.17, 15) is 4.79 Å². The predicted molar refractivity (Wildman–Crippen MR) is 110 cm³/mol. The number of benzene rings is 2. The van der Waals surface area contributed by atoms with Crippen molar-refractivity contribution >= 4 is 22.5 Å². The normalized spacial score (nSPS) is 10.6. The van der Waals surface area contributed by atoms with Crippen LogP contribution in [0.15, 0.2) is 61.3 Å². The minimum absolute atomic E-state index is 0.216. The second-order valence-corrected chi connectivity index (χ2v) is 6.19. The molecule has 1 N–H and O–H groups in total. The van der Waals surface area contributed by atoms with Crippen molar-refractivity contribution in [3.63, 3.8) is 0 Å². The molecule has 6 nitrogen and oxygen atoms in total. The van der Waals surface area contributed by atoms with Gasteiger partial charge in [0.05, 0.1) is 13.7 Å². The number of rotatable bonds is 9. The minimum atomic E-state index is -0.216. The lowest BCUT2D eigenvalue weighted by molar-refractivity contribution is 0.102. The van der Waals surface area contributed by atoms with Crippen molar-refractivity contribution < 1.29 is 19.0 Å². The van der Waals surface area contributed by atoms with Crippen molar-refractivity contribution in [2.75, 3.05) is 32.8 Å². The molecule has 3 rings (SSSR count). The van der Waals surface area contributed by atoms with E-state index in [0.29, 0.717) is 30.3 Å². The Labute approximate surface area is 164 Å². The second kappa shape index (κ2) is 9.10. The lowest BCUT2D eigenvalue weighted by Gasteiger charge is -2.11. The summed E-state index contributed by atoms with van der Waals surface area (Å²) in [6.07, 6.45) is 3.67. The molecule has 6 heteroatoms. The molecule has 2 aromatic carbocycles. The van der Waals surface area contributed by atoms with Crippen LogP contribution in [0.25, 0.3) is 10.9 Å². The first-order valence-corrected chi connectivity index (χ1v) is 8.97. The average molecular weight is 380 g/mol. The maximum atomic E-state index is 12.6. The Kier molecular flexibility index (Phi) is 6.34. The second-order valence-electron chi connectivity index (χ2n) is 6.19. The number of aromatic nitrogens is 1. The fourth-order valence-electron chi connectivity index (χ4n) is 2.94. The van der Waals surface area contributed by atoms with E-state index in [2.05, 4.69) is 16.5 Å². The maximum absolute atomic E-state index is 12.6. The van der Waals surface area contributed by atoms with Gasteiger partial charge in [-0.25, -0.2) is 0 Å². The number of hydrogen-bond donors (Lipinski definition) is 1. The van der Waals surface area contributed by atoms with Crippen LogP contribution in [0.2, 0.25) is 0 Å². The SMILES string of the molecule is C=CCOc1ccc(C(=O)Nc2ccc3c(ccn3CCOC)c2)cc1OC. The van der Waals surface area contributed by atoms with Gasteiger partial charge in [0, 0.05) is 42.0 Å². The van der Waals surface area contributed by atoms with Gasteiger partial charge in [-0.15, -0.1) is 0 Å². The first-order valence-electron chi connectivity index (χ1n) is 8.97. The van der Waals surface area contributed by atoms with E-state index in [4.69, 9.17) is 14.2 Å². The van der Waals surface area contributed by atoms with Crippen molar-refractivity contribution in [1.29, 1.82) is 0 Å². The van der Waals surface area contributed by atoms with Crippen LogP contribution < -0.4 is 14.8 Å². The summed E-state index contributed by atoms with van der Waals surface area (Å²) in [6.45, 7) is 5.42. The van der Waals surface area contributed by atoms with E-state index in [1.54, 1.807) is 38.5 Å². The molecule has 3 aromatic rings. The quantitative estimate of drug-likeness (QED) is 0.568. The molecule has 0 spiro atoms. The van der Waals surface area contributed by atoms with Crippen molar-refractivity contribution in [3.05, 3.63) is 66.9 Å². The number of carbonyl (C=O) groups excluding carboxylic acids is 1. The van der Waals surface area contributed by atoms with Gasteiger partial charge < -0.3 is 24.1 Å². The maximum Gasteiger partial charge on any atom is 0.255 e. The first-order chi connectivity index (χ1) is 13.7. The molecule has 1 heterocycles. The molecule has 0 unspecified atom stereocenters. The molecule has 28 heavy (non-hydrogen) atoms. The summed E-state index contributed by atoms with van der Waals surface area (Å²) in [4.78, 5) is 12.6. The highest BCUT2D eigenvalue weighted by Gasteiger charge is 2.12. The molecule has 1 amide bonds. The Morgan fingerprint density at radius 2 is 2.00 bits per heavy atom. The lowest BCUT2D eigenvalue weighted by Crippen LogP contribution is -2.12. The first kappa shape index (κ1) is 19.5. The third-order valence-electron chi connectivity index (χ3n) is 4.35. The van der Waals surface area contributed by atoms with Crippen molar-refractivity contribution in [1.82, 2.24) is 4.57 Å². The van der Waals surface area contributed by atoms with E-state index >= 15 is 0 Å². The van der Waals surface area contributed by atoms with Gasteiger partial charge in [0.1, 0.15) is 6.61 Å². The fraction of sp³-hybridized carbons (Fsp3) is 0.227. The average Bonchev–Trinajstić information content (AvgIpc) is 3.12. The summed E-state index contributed by atoms with van der Waals surface area (Å²) in [5.74, 6) is 0.852. The van der Waals surface area contributed by atoms with Gasteiger partial charge in [-0.1, -0.05) is 12.7 Å². The zero-order valence-electron chi connectivity index (χ0n) is 16.1. The number of fused-ring (bicyclic) bond motifs is 1. The lowest BCUT2D eigenvalue weighted by atomic mass is 10.1. The summed E-state index contributed by atoms with van der Waals surface area (Å²) in [7, 11) is 3.23. The standard InChI is InChI=1S/C22H24N2O4/c1-4-12-28-20-8-5-17(15-21(20)27-3)22(25)23-18-6-7-19-16(14-18)9-10-24(19)11-13-26-2/h4-10,14-15H,1,11-13H2,2-3H3,(H,23,25). The zero-order chi connectivity index (χ0) is 19.9. The molecule has 0 saturated carbocycles. The topological polar surface area (TPSA) is 61.7 Å². The Morgan fingerprint density at radius 1 is 1.14 bits per heavy atom. The van der Waals surface area contributed by atoms with Crippen LogP contribution in [-0.2, 0) is 11.3 Å². The number of nitrogens with one attached hydrogen (secondary N) is 1. The van der Waals surface area contributed by atoms with E-state index in [1.807, 2.05) is 30.5 Å². The summed E-state index contributed by atoms with van der Waals surface area (Å²) >= 11 is 0. The number of ether oxygens (including phenoxy) is 3. The Hall–Kier alpha value is -3.25. The minimum Gasteiger partial charge on any atom is -0.493 e. The van der Waals surface area contributed by atoms with E-state index in [-0.39, 0.29) is 5.91 Å². The van der Waals surface area contributed by atoms with Gasteiger partial charge in [-0.05, 0) is 42.5 Å². The summed E-state index contributed by atoms with van der Waals surface area (Å²) < 4.78 is 18.1. The monoisotopic (exact) mass is 380 g/mol. The van der Waals surface area contributed by atoms with Crippen LogP contribution >= 0.6 is 0 Å². The molecule has 0 fully saturated rings. The highest BCUT2D eigenvalue weighted by Crippen LogP contribution is 2.29. The molecule has 0 aliphatic rings. The molecular formula is C22H24N2O4. The third kappa shape index (κ3) is 4.35. The Balaban J connectivity index is 1.76. The number of amides is 1. The largest absolute Gasteiger partial charge is 0.493 e. The third-order valence-corrected chi connectivity index (χ3v) is 4.35. The molecule has 0 saturated heterocycles. The molecule has 0 aliphatic carbocycles. The number of methoxy groups -OCH3 is 2. The van der Waals surface area contributed by atoms with E-state index < -0.39 is 0 Å². The van der Waals surface area contributed by atoms with Crippen LogP contribution in [0.5, 0.6) is 11.5 Å². The molecule has 0 radical (unpaired) electrons. The van der Waals surface area contributed by atoms with E-state index in [1.165, 1.54) is 0 Å². The Morgan fingerprint density at radius 3 is 2.75 bits per heavy atom. The van der Waals surface area contributed by atoms with Crippen LogP contribution in [0.1, 0.15) is 10.4 Å². The van der Waals surface area contributed by atoms with Crippen LogP contribution in [0, 0.1) is 0 Å². The van der Waals surface area contributed by atoms with Crippen molar-refractivity contribution in [3.8, 4) is 11.5 Å². The summed E-state index contributed by atoms with van der Waals surface area (Å²) in [6, 6.07) is 12.9. The fourth-order valence-corrected chi connectivity index (χ4v) is 2.94. The van der Waals surface area contributed by atoms with Gasteiger partial charge >= 0.3 is 0 Å². The zero-order valence-corrected chi connectivity index (χ0v) is 16.1. The van der Waals surface area contributed by atoms with Gasteiger partial charge in [0.15, 0.2) is 11.5 Å². The number of nitrogens with zero attached hydrogens (tertiary/aromatic N) is 1. The molecule has 146 valence electrons. The Bertz CT molecular complexity index is 978. The van der Waals surface area contributed by atoms with Crippen molar-refractivity contribution in [2.45, 2.75) is 6.54 Å². The molecule has 0 bridgehead atoms. The number of anilines is 1. The number of carbonyl (C=O) groups is 1. The smallest absolute Gasteiger partial charge is 0.255 e. The molecular weight excluding hydrogens is 356 g/mol. The predicted octanol–water partition coefficient (Wildman–Crippen LogP) is 4.11. The summed E-state index contributed by atoms with van der Waals surface area (Å²) in [5.41, 5.74) is 2.31. The number of hydrogen-bond acceptors (Lipinski definition) is 4. The van der Waals surface area contributed by atoms with Crippen LogP contribution in [0.3, 0.4) is 0 Å². The van der Waals surface area contributed by atoms with Gasteiger partial charge in [-0.2, -0.15) is 0 Å². The molecule has 1 aromatic heterocycles. The van der Waals surface area contributed by atoms with Crippen LogP contribution in [-0.4, -0.2) is 37.9 Å². The molecule has 0 aliphatic heterocycles. The van der Waals surface area contributed by atoms with Gasteiger partial charge in [-0.3, -0.25) is 4.79 Å².